The Bertz CT molecular complexity index is 584. The standard InChI is InChI=1S/C18H21NO2S/c1-19(12-15-8-10-17(21-2)11-9-15)18(20)14-22-13-16-6-4-3-5-7-16/h3-11H,12-14H2,1-2H3. The van der Waals surface area contributed by atoms with Crippen LogP contribution in [0.4, 0.5) is 0 Å². The minimum absolute atomic E-state index is 0.150. The number of hydrogen-bond donors (Lipinski definition) is 0. The predicted octanol–water partition coefficient (Wildman–Crippen LogP) is 3.59. The molecular weight excluding hydrogens is 294 g/mol. The SMILES string of the molecule is COc1ccc(CN(C)C(=O)CSCc2ccccc2)cc1. The monoisotopic (exact) mass is 315 g/mol. The maximum Gasteiger partial charge on any atom is 0.232 e. The van der Waals surface area contributed by atoms with Gasteiger partial charge in [0.25, 0.3) is 0 Å². The van der Waals surface area contributed by atoms with Crippen LogP contribution in [0.3, 0.4) is 0 Å². The molecule has 0 atom stereocenters. The lowest BCUT2D eigenvalue weighted by Gasteiger charge is -2.17. The summed E-state index contributed by atoms with van der Waals surface area (Å²) in [4.78, 5) is 13.9. The number of hydrogen-bond acceptors (Lipinski definition) is 3. The molecule has 22 heavy (non-hydrogen) atoms. The van der Waals surface area contributed by atoms with E-state index in [-0.39, 0.29) is 5.91 Å². The molecule has 3 nitrogen and oxygen atoms in total. The fourth-order valence-electron chi connectivity index (χ4n) is 2.03. The van der Waals surface area contributed by atoms with Gasteiger partial charge in [-0.1, -0.05) is 42.5 Å². The van der Waals surface area contributed by atoms with E-state index in [4.69, 9.17) is 4.74 Å². The summed E-state index contributed by atoms with van der Waals surface area (Å²) >= 11 is 1.65. The van der Waals surface area contributed by atoms with E-state index >= 15 is 0 Å². The summed E-state index contributed by atoms with van der Waals surface area (Å²) in [5, 5.41) is 0. The molecule has 0 saturated heterocycles. The Morgan fingerprint density at radius 2 is 1.73 bits per heavy atom. The van der Waals surface area contributed by atoms with E-state index in [1.807, 2.05) is 49.5 Å². The Kier molecular flexibility index (Phi) is 6.34. The van der Waals surface area contributed by atoms with Gasteiger partial charge in [-0.05, 0) is 23.3 Å². The van der Waals surface area contributed by atoms with E-state index in [0.29, 0.717) is 12.3 Å². The minimum atomic E-state index is 0.150. The predicted molar refractivity (Wildman–Crippen MR) is 92.1 cm³/mol. The second-order valence-corrected chi connectivity index (χ2v) is 6.06. The van der Waals surface area contributed by atoms with E-state index < -0.39 is 0 Å². The van der Waals surface area contributed by atoms with Crippen molar-refractivity contribution < 1.29 is 9.53 Å². The van der Waals surface area contributed by atoms with Gasteiger partial charge in [-0.3, -0.25) is 4.79 Å². The van der Waals surface area contributed by atoms with Crippen LogP contribution in [0.25, 0.3) is 0 Å². The summed E-state index contributed by atoms with van der Waals surface area (Å²) in [7, 11) is 3.49. The maximum absolute atomic E-state index is 12.1. The van der Waals surface area contributed by atoms with Gasteiger partial charge in [0.2, 0.25) is 5.91 Å². The molecule has 0 bridgehead atoms. The average molecular weight is 315 g/mol. The molecule has 0 aliphatic carbocycles. The third kappa shape index (κ3) is 5.11. The molecule has 0 aliphatic rings. The lowest BCUT2D eigenvalue weighted by atomic mass is 10.2. The van der Waals surface area contributed by atoms with Gasteiger partial charge in [-0.15, -0.1) is 11.8 Å². The number of rotatable bonds is 7. The molecule has 0 saturated carbocycles. The van der Waals surface area contributed by atoms with Gasteiger partial charge in [0.1, 0.15) is 5.75 Å². The average Bonchev–Trinajstić information content (AvgIpc) is 2.56. The van der Waals surface area contributed by atoms with Gasteiger partial charge >= 0.3 is 0 Å². The topological polar surface area (TPSA) is 29.5 Å². The molecule has 0 heterocycles. The fraction of sp³-hybridized carbons (Fsp3) is 0.278. The van der Waals surface area contributed by atoms with Gasteiger partial charge < -0.3 is 9.64 Å². The molecule has 2 rings (SSSR count). The van der Waals surface area contributed by atoms with E-state index in [2.05, 4.69) is 12.1 Å². The maximum atomic E-state index is 12.1. The van der Waals surface area contributed by atoms with Crippen LogP contribution in [-0.2, 0) is 17.1 Å². The zero-order valence-corrected chi connectivity index (χ0v) is 13.8. The van der Waals surface area contributed by atoms with Crippen LogP contribution in [0, 0.1) is 0 Å². The molecule has 0 aliphatic heterocycles. The van der Waals surface area contributed by atoms with Gasteiger partial charge in [-0.2, -0.15) is 0 Å². The van der Waals surface area contributed by atoms with E-state index in [1.54, 1.807) is 23.8 Å². The van der Waals surface area contributed by atoms with Crippen LogP contribution in [0.2, 0.25) is 0 Å². The molecule has 0 aromatic heterocycles. The number of carbonyl (C=O) groups is 1. The third-order valence-electron chi connectivity index (χ3n) is 3.34. The number of carbonyl (C=O) groups excluding carboxylic acids is 1. The van der Waals surface area contributed by atoms with Crippen molar-refractivity contribution in [3.8, 4) is 5.75 Å². The molecule has 0 radical (unpaired) electrons. The van der Waals surface area contributed by atoms with Crippen LogP contribution >= 0.6 is 11.8 Å². The molecule has 0 unspecified atom stereocenters. The largest absolute Gasteiger partial charge is 0.497 e. The van der Waals surface area contributed by atoms with Gasteiger partial charge in [0.15, 0.2) is 0 Å². The molecule has 0 fully saturated rings. The highest BCUT2D eigenvalue weighted by Crippen LogP contribution is 2.15. The zero-order valence-electron chi connectivity index (χ0n) is 13.0. The number of methoxy groups -OCH3 is 1. The van der Waals surface area contributed by atoms with Crippen molar-refractivity contribution in [3.63, 3.8) is 0 Å². The van der Waals surface area contributed by atoms with Crippen LogP contribution in [0.15, 0.2) is 54.6 Å². The Hall–Kier alpha value is -1.94. The van der Waals surface area contributed by atoms with Crippen molar-refractivity contribution in [2.75, 3.05) is 19.9 Å². The van der Waals surface area contributed by atoms with E-state index in [9.17, 15) is 4.79 Å². The normalized spacial score (nSPS) is 10.3. The molecule has 0 spiro atoms. The number of nitrogens with zero attached hydrogens (tertiary/aromatic N) is 1. The first kappa shape index (κ1) is 16.4. The van der Waals surface area contributed by atoms with Gasteiger partial charge in [-0.25, -0.2) is 0 Å². The molecule has 116 valence electrons. The van der Waals surface area contributed by atoms with Crippen molar-refractivity contribution in [3.05, 3.63) is 65.7 Å². The highest BCUT2D eigenvalue weighted by Gasteiger charge is 2.09. The summed E-state index contributed by atoms with van der Waals surface area (Å²) in [6, 6.07) is 18.0. The van der Waals surface area contributed by atoms with Gasteiger partial charge in [0.05, 0.1) is 12.9 Å². The van der Waals surface area contributed by atoms with Crippen molar-refractivity contribution in [1.82, 2.24) is 4.90 Å². The summed E-state index contributed by atoms with van der Waals surface area (Å²) in [5.41, 5.74) is 2.35. The first-order chi connectivity index (χ1) is 10.7. The van der Waals surface area contributed by atoms with Crippen molar-refractivity contribution in [2.24, 2.45) is 0 Å². The highest BCUT2D eigenvalue weighted by atomic mass is 32.2. The number of thioether (sulfide) groups is 1. The summed E-state index contributed by atoms with van der Waals surface area (Å²) in [6.07, 6.45) is 0. The Labute approximate surface area is 136 Å². The van der Waals surface area contributed by atoms with Crippen LogP contribution < -0.4 is 4.74 Å². The number of benzene rings is 2. The molecule has 2 aromatic rings. The van der Waals surface area contributed by atoms with Crippen molar-refractivity contribution >= 4 is 17.7 Å². The smallest absolute Gasteiger partial charge is 0.232 e. The molecule has 1 amide bonds. The first-order valence-corrected chi connectivity index (χ1v) is 8.33. The molecule has 0 N–H and O–H groups in total. The summed E-state index contributed by atoms with van der Waals surface area (Å²) in [5.74, 6) is 2.35. The Balaban J connectivity index is 1.76. The molecular formula is C18H21NO2S. The van der Waals surface area contributed by atoms with Crippen molar-refractivity contribution in [1.29, 1.82) is 0 Å². The summed E-state index contributed by atoms with van der Waals surface area (Å²) < 4.78 is 5.13. The zero-order chi connectivity index (χ0) is 15.8. The van der Waals surface area contributed by atoms with E-state index in [1.165, 1.54) is 5.56 Å². The lowest BCUT2D eigenvalue weighted by molar-refractivity contribution is -0.127. The second-order valence-electron chi connectivity index (χ2n) is 5.08. The highest BCUT2D eigenvalue weighted by molar-refractivity contribution is 7.99. The quantitative estimate of drug-likeness (QED) is 0.782. The van der Waals surface area contributed by atoms with Crippen LogP contribution in [-0.4, -0.2) is 30.7 Å². The first-order valence-electron chi connectivity index (χ1n) is 7.17. The second kappa shape index (κ2) is 8.49. The number of amides is 1. The minimum Gasteiger partial charge on any atom is -0.497 e. The van der Waals surface area contributed by atoms with Gasteiger partial charge in [0, 0.05) is 19.3 Å². The molecule has 2 aromatic carbocycles. The third-order valence-corrected chi connectivity index (χ3v) is 4.33. The van der Waals surface area contributed by atoms with Crippen molar-refractivity contribution in [2.45, 2.75) is 12.3 Å². The molecule has 4 heteroatoms. The Morgan fingerprint density at radius 1 is 1.05 bits per heavy atom. The van der Waals surface area contributed by atoms with Crippen LogP contribution in [0.5, 0.6) is 5.75 Å². The lowest BCUT2D eigenvalue weighted by Crippen LogP contribution is -2.27. The fourth-order valence-corrected chi connectivity index (χ4v) is 2.96. The summed E-state index contributed by atoms with van der Waals surface area (Å²) in [6.45, 7) is 0.620. The van der Waals surface area contributed by atoms with E-state index in [0.717, 1.165) is 17.1 Å². The number of ether oxygens (including phenoxy) is 1. The Morgan fingerprint density at radius 3 is 2.36 bits per heavy atom. The van der Waals surface area contributed by atoms with Crippen LogP contribution in [0.1, 0.15) is 11.1 Å².